The second-order valence-electron chi connectivity index (χ2n) is 6.01. The molecule has 3 rings (SSSR count). The number of aliphatic hydroxyl groups is 1. The summed E-state index contributed by atoms with van der Waals surface area (Å²) in [6.07, 6.45) is 1.76. The van der Waals surface area contributed by atoms with Crippen molar-refractivity contribution in [3.05, 3.63) is 40.3 Å². The molecule has 1 atom stereocenters. The second-order valence-corrected chi connectivity index (χ2v) is 6.39. The summed E-state index contributed by atoms with van der Waals surface area (Å²) < 4.78 is 1.39. The van der Waals surface area contributed by atoms with Crippen molar-refractivity contribution in [2.45, 2.75) is 18.9 Å². The van der Waals surface area contributed by atoms with Crippen molar-refractivity contribution in [2.24, 2.45) is 5.73 Å². The summed E-state index contributed by atoms with van der Waals surface area (Å²) in [7, 11) is 1.62. The van der Waals surface area contributed by atoms with Crippen LogP contribution in [0.15, 0.2) is 18.3 Å². The average molecular weight is 374 g/mol. The minimum Gasteiger partial charge on any atom is -0.369 e. The maximum atomic E-state index is 12.0. The van der Waals surface area contributed by atoms with Crippen LogP contribution in [0, 0.1) is 18.8 Å². The van der Waals surface area contributed by atoms with E-state index in [4.69, 9.17) is 17.3 Å². The molecular formula is C17H16ClN5O3. The van der Waals surface area contributed by atoms with Gasteiger partial charge >= 0.3 is 0 Å². The first-order valence-electron chi connectivity index (χ1n) is 7.75. The van der Waals surface area contributed by atoms with E-state index in [1.807, 2.05) is 0 Å². The number of likely N-dealkylation sites (tertiary alicyclic amines) is 1. The maximum Gasteiger partial charge on any atom is 0.270 e. The number of hydrogen-bond donors (Lipinski definition) is 2. The lowest BCUT2D eigenvalue weighted by atomic mass is 10.0. The van der Waals surface area contributed by atoms with Crippen LogP contribution in [0.3, 0.4) is 0 Å². The normalized spacial score (nSPS) is 19.4. The van der Waals surface area contributed by atoms with Crippen LogP contribution in [-0.4, -0.2) is 55.8 Å². The van der Waals surface area contributed by atoms with Crippen LogP contribution < -0.4 is 5.73 Å². The molecule has 0 bridgehead atoms. The third kappa shape index (κ3) is 3.03. The fourth-order valence-corrected chi connectivity index (χ4v) is 2.83. The number of halogens is 1. The summed E-state index contributed by atoms with van der Waals surface area (Å²) in [5, 5.41) is 14.6. The number of rotatable bonds is 2. The van der Waals surface area contributed by atoms with Gasteiger partial charge in [-0.25, -0.2) is 9.67 Å². The molecule has 134 valence electrons. The van der Waals surface area contributed by atoms with E-state index in [1.54, 1.807) is 26.1 Å². The largest absolute Gasteiger partial charge is 0.369 e. The molecule has 1 aliphatic heterocycles. The molecule has 9 heteroatoms. The van der Waals surface area contributed by atoms with Crippen molar-refractivity contribution < 1.29 is 14.7 Å². The Kier molecular flexibility index (Phi) is 4.44. The number of hydrogen-bond acceptors (Lipinski definition) is 5. The van der Waals surface area contributed by atoms with Gasteiger partial charge in [-0.15, -0.1) is 0 Å². The van der Waals surface area contributed by atoms with Crippen LogP contribution >= 0.6 is 11.6 Å². The van der Waals surface area contributed by atoms with E-state index in [2.05, 4.69) is 21.9 Å². The van der Waals surface area contributed by atoms with Gasteiger partial charge in [-0.1, -0.05) is 23.4 Å². The smallest absolute Gasteiger partial charge is 0.270 e. The fourth-order valence-electron chi connectivity index (χ4n) is 2.62. The van der Waals surface area contributed by atoms with Crippen LogP contribution in [0.5, 0.6) is 0 Å². The maximum absolute atomic E-state index is 12.0. The molecular weight excluding hydrogens is 358 g/mol. The molecule has 0 saturated carbocycles. The molecule has 26 heavy (non-hydrogen) atoms. The summed E-state index contributed by atoms with van der Waals surface area (Å²) >= 11 is 6.08. The third-order valence-electron chi connectivity index (χ3n) is 4.16. The van der Waals surface area contributed by atoms with Crippen LogP contribution in [-0.2, 0) is 4.79 Å². The lowest BCUT2D eigenvalue weighted by molar-refractivity contribution is -0.137. The quantitative estimate of drug-likeness (QED) is 0.733. The summed E-state index contributed by atoms with van der Waals surface area (Å²) in [4.78, 5) is 29.0. The van der Waals surface area contributed by atoms with Gasteiger partial charge < -0.3 is 15.7 Å². The van der Waals surface area contributed by atoms with E-state index in [0.29, 0.717) is 23.6 Å². The third-order valence-corrected chi connectivity index (χ3v) is 4.61. The Hall–Kier alpha value is -2.89. The average Bonchev–Trinajstić information content (AvgIpc) is 3.06. The Morgan fingerprint density at radius 3 is 2.81 bits per heavy atom. The number of carbonyl (C=O) groups is 2. The first-order chi connectivity index (χ1) is 12.2. The van der Waals surface area contributed by atoms with Gasteiger partial charge in [-0.2, -0.15) is 5.10 Å². The number of primary amides is 1. The highest BCUT2D eigenvalue weighted by atomic mass is 35.5. The van der Waals surface area contributed by atoms with Crippen molar-refractivity contribution in [1.82, 2.24) is 19.7 Å². The van der Waals surface area contributed by atoms with E-state index in [0.717, 1.165) is 0 Å². The standard InChI is InChI=1S/C17H16ClN5O3/c1-10-13(18)14(15(19)24)21-23(10)12-9-11(4-7-20-12)3-5-17(26)6-8-22(2)16(17)25/h4,7,9,26H,6,8H2,1-2H3,(H2,19,24). The first kappa shape index (κ1) is 17.9. The van der Waals surface area contributed by atoms with E-state index in [-0.39, 0.29) is 17.1 Å². The highest BCUT2D eigenvalue weighted by Crippen LogP contribution is 2.23. The van der Waals surface area contributed by atoms with Crippen LogP contribution in [0.25, 0.3) is 5.82 Å². The molecule has 1 fully saturated rings. The van der Waals surface area contributed by atoms with Gasteiger partial charge in [0.15, 0.2) is 11.5 Å². The molecule has 0 aromatic carbocycles. The van der Waals surface area contributed by atoms with Gasteiger partial charge in [0.1, 0.15) is 0 Å². The van der Waals surface area contributed by atoms with Crippen molar-refractivity contribution >= 4 is 23.4 Å². The molecule has 0 spiro atoms. The van der Waals surface area contributed by atoms with Crippen LogP contribution in [0.4, 0.5) is 0 Å². The highest BCUT2D eigenvalue weighted by molar-refractivity contribution is 6.34. The molecule has 1 saturated heterocycles. The predicted molar refractivity (Wildman–Crippen MR) is 93.7 cm³/mol. The Morgan fingerprint density at radius 2 is 2.23 bits per heavy atom. The Morgan fingerprint density at radius 1 is 1.50 bits per heavy atom. The molecule has 3 N–H and O–H groups in total. The fraction of sp³-hybridized carbons (Fsp3) is 0.294. The summed E-state index contributed by atoms with van der Waals surface area (Å²) in [5.74, 6) is 4.66. The van der Waals surface area contributed by atoms with Gasteiger partial charge in [0.2, 0.25) is 5.60 Å². The summed E-state index contributed by atoms with van der Waals surface area (Å²) in [5.41, 5.74) is 4.56. The monoisotopic (exact) mass is 373 g/mol. The zero-order chi connectivity index (χ0) is 19.1. The van der Waals surface area contributed by atoms with Gasteiger partial charge in [-0.3, -0.25) is 9.59 Å². The molecule has 3 heterocycles. The molecule has 0 radical (unpaired) electrons. The van der Waals surface area contributed by atoms with Crippen molar-refractivity contribution in [2.75, 3.05) is 13.6 Å². The number of nitrogens with two attached hydrogens (primary N) is 1. The molecule has 2 aromatic heterocycles. The highest BCUT2D eigenvalue weighted by Gasteiger charge is 2.42. The number of aromatic nitrogens is 3. The van der Waals surface area contributed by atoms with Crippen molar-refractivity contribution in [3.63, 3.8) is 0 Å². The van der Waals surface area contributed by atoms with Crippen molar-refractivity contribution in [3.8, 4) is 17.7 Å². The van der Waals surface area contributed by atoms with E-state index in [9.17, 15) is 14.7 Å². The number of pyridine rings is 1. The number of amides is 2. The zero-order valence-corrected chi connectivity index (χ0v) is 14.9. The molecule has 2 amide bonds. The topological polar surface area (TPSA) is 114 Å². The first-order valence-corrected chi connectivity index (χ1v) is 8.13. The number of carbonyl (C=O) groups excluding carboxylic acids is 2. The van der Waals surface area contributed by atoms with Gasteiger partial charge in [0, 0.05) is 31.8 Å². The van der Waals surface area contributed by atoms with Crippen molar-refractivity contribution in [1.29, 1.82) is 0 Å². The Bertz CT molecular complexity index is 975. The SMILES string of the molecule is Cc1c(Cl)c(C(N)=O)nn1-c1cc(C#CC2(O)CCN(C)C2=O)ccn1. The van der Waals surface area contributed by atoms with E-state index >= 15 is 0 Å². The molecule has 1 aliphatic rings. The predicted octanol–water partition coefficient (Wildman–Crippen LogP) is 0.273. The van der Waals surface area contributed by atoms with Gasteiger partial charge in [0.05, 0.1) is 10.7 Å². The Labute approximate surface area is 154 Å². The lowest BCUT2D eigenvalue weighted by Crippen LogP contribution is -2.37. The number of nitrogens with zero attached hydrogens (tertiary/aromatic N) is 4. The van der Waals surface area contributed by atoms with E-state index in [1.165, 1.54) is 15.8 Å². The van der Waals surface area contributed by atoms with Gasteiger partial charge in [-0.05, 0) is 19.1 Å². The second kappa shape index (κ2) is 6.44. The minimum atomic E-state index is -1.68. The number of likely N-dealkylation sites (N-methyl/N-ethyl adjacent to an activating group) is 1. The van der Waals surface area contributed by atoms with Crippen LogP contribution in [0.1, 0.15) is 28.2 Å². The summed E-state index contributed by atoms with van der Waals surface area (Å²) in [6, 6.07) is 3.25. The molecule has 1 unspecified atom stereocenters. The summed E-state index contributed by atoms with van der Waals surface area (Å²) in [6.45, 7) is 2.13. The van der Waals surface area contributed by atoms with Crippen LogP contribution in [0.2, 0.25) is 5.02 Å². The zero-order valence-electron chi connectivity index (χ0n) is 14.2. The molecule has 8 nitrogen and oxygen atoms in total. The van der Waals surface area contributed by atoms with Gasteiger partial charge in [0.25, 0.3) is 11.8 Å². The van der Waals surface area contributed by atoms with E-state index < -0.39 is 17.4 Å². The molecule has 2 aromatic rings. The lowest BCUT2D eigenvalue weighted by Gasteiger charge is -2.13. The minimum absolute atomic E-state index is 0.0450. The molecule has 0 aliphatic carbocycles. The Balaban J connectivity index is 1.96.